The van der Waals surface area contributed by atoms with Crippen molar-refractivity contribution in [3.8, 4) is 11.5 Å². The molecule has 3 nitrogen and oxygen atoms in total. The van der Waals surface area contributed by atoms with E-state index in [1.807, 2.05) is 6.07 Å². The summed E-state index contributed by atoms with van der Waals surface area (Å²) in [6.07, 6.45) is 4.54. The lowest BCUT2D eigenvalue weighted by Gasteiger charge is -2.29. The smallest absolute Gasteiger partial charge is 0.126 e. The van der Waals surface area contributed by atoms with E-state index >= 15 is 0 Å². The molecular weight excluding hydrogens is 226 g/mol. The fourth-order valence-corrected chi connectivity index (χ4v) is 2.95. The lowest BCUT2D eigenvalue weighted by molar-refractivity contribution is 0.362. The van der Waals surface area contributed by atoms with E-state index in [9.17, 15) is 0 Å². The van der Waals surface area contributed by atoms with Gasteiger partial charge in [-0.1, -0.05) is 0 Å². The maximum atomic E-state index is 5.98. The quantitative estimate of drug-likeness (QED) is 0.895. The van der Waals surface area contributed by atoms with E-state index in [1.54, 1.807) is 14.2 Å². The van der Waals surface area contributed by atoms with Crippen LogP contribution in [-0.4, -0.2) is 20.3 Å². The minimum atomic E-state index is 0.380. The van der Waals surface area contributed by atoms with Crippen LogP contribution in [0.4, 0.5) is 0 Å². The van der Waals surface area contributed by atoms with E-state index in [0.717, 1.165) is 37.2 Å². The molecule has 0 unspecified atom stereocenters. The molecule has 1 saturated carbocycles. The molecule has 0 bridgehead atoms. The summed E-state index contributed by atoms with van der Waals surface area (Å²) in [7, 11) is 3.42. The van der Waals surface area contributed by atoms with Crippen LogP contribution in [0.25, 0.3) is 0 Å². The van der Waals surface area contributed by atoms with Crippen LogP contribution in [0.1, 0.15) is 42.7 Å². The Kier molecular flexibility index (Phi) is 4.12. The first-order valence-corrected chi connectivity index (χ1v) is 6.63. The fraction of sp³-hybridized carbons (Fsp3) is 0.600. The molecule has 1 aliphatic carbocycles. The van der Waals surface area contributed by atoms with Crippen LogP contribution >= 0.6 is 0 Å². The highest BCUT2D eigenvalue weighted by Gasteiger charge is 2.24. The van der Waals surface area contributed by atoms with Gasteiger partial charge in [-0.25, -0.2) is 0 Å². The van der Waals surface area contributed by atoms with Gasteiger partial charge in [0.15, 0.2) is 0 Å². The lowest BCUT2D eigenvalue weighted by Crippen LogP contribution is -2.26. The summed E-state index contributed by atoms with van der Waals surface area (Å²) in [5.41, 5.74) is 8.57. The molecule has 0 aliphatic heterocycles. The molecule has 0 radical (unpaired) electrons. The van der Waals surface area contributed by atoms with Crippen molar-refractivity contribution in [2.24, 2.45) is 5.73 Å². The van der Waals surface area contributed by atoms with Crippen molar-refractivity contribution < 1.29 is 9.47 Å². The number of rotatable bonds is 3. The Hall–Kier alpha value is -1.22. The Morgan fingerprint density at radius 3 is 2.28 bits per heavy atom. The topological polar surface area (TPSA) is 44.5 Å². The monoisotopic (exact) mass is 249 g/mol. The normalized spacial score (nSPS) is 23.8. The number of hydrogen-bond acceptors (Lipinski definition) is 3. The van der Waals surface area contributed by atoms with Crippen molar-refractivity contribution in [3.05, 3.63) is 23.3 Å². The number of methoxy groups -OCH3 is 2. The molecular formula is C15H23NO2. The van der Waals surface area contributed by atoms with Crippen molar-refractivity contribution in [1.82, 2.24) is 0 Å². The molecule has 2 rings (SSSR count). The standard InChI is InChI=1S/C15H23NO2/c1-10-8-13(17-2)9-14(18-3)15(10)11-4-6-12(16)7-5-11/h8-9,11-12H,4-7,16H2,1-3H3. The van der Waals surface area contributed by atoms with Crippen molar-refractivity contribution in [2.45, 2.75) is 44.6 Å². The first kappa shape index (κ1) is 13.2. The molecule has 1 aliphatic rings. The first-order valence-electron chi connectivity index (χ1n) is 6.63. The van der Waals surface area contributed by atoms with Crippen LogP contribution in [0.3, 0.4) is 0 Å². The Labute approximate surface area is 109 Å². The summed E-state index contributed by atoms with van der Waals surface area (Å²) in [5, 5.41) is 0. The highest BCUT2D eigenvalue weighted by atomic mass is 16.5. The van der Waals surface area contributed by atoms with Crippen LogP contribution in [-0.2, 0) is 0 Å². The third kappa shape index (κ3) is 2.61. The Morgan fingerprint density at radius 2 is 1.72 bits per heavy atom. The van der Waals surface area contributed by atoms with Gasteiger partial charge >= 0.3 is 0 Å². The van der Waals surface area contributed by atoms with Gasteiger partial charge in [-0.05, 0) is 50.2 Å². The molecule has 0 saturated heterocycles. The summed E-state index contributed by atoms with van der Waals surface area (Å²) in [5.74, 6) is 2.39. The zero-order valence-electron chi connectivity index (χ0n) is 11.5. The van der Waals surface area contributed by atoms with Crippen LogP contribution < -0.4 is 15.2 Å². The average Bonchev–Trinajstić information content (AvgIpc) is 2.39. The number of aryl methyl sites for hydroxylation is 1. The van der Waals surface area contributed by atoms with Gasteiger partial charge in [-0.3, -0.25) is 0 Å². The predicted octanol–water partition coefficient (Wildman–Crippen LogP) is 3.00. The molecule has 0 atom stereocenters. The van der Waals surface area contributed by atoms with E-state index in [1.165, 1.54) is 11.1 Å². The molecule has 1 aromatic rings. The van der Waals surface area contributed by atoms with E-state index in [-0.39, 0.29) is 0 Å². The maximum Gasteiger partial charge on any atom is 0.126 e. The number of nitrogens with two attached hydrogens (primary N) is 1. The Morgan fingerprint density at radius 1 is 1.06 bits per heavy atom. The van der Waals surface area contributed by atoms with Gasteiger partial charge in [-0.2, -0.15) is 0 Å². The second-order valence-corrected chi connectivity index (χ2v) is 5.17. The summed E-state index contributed by atoms with van der Waals surface area (Å²) >= 11 is 0. The molecule has 3 heteroatoms. The molecule has 100 valence electrons. The highest BCUT2D eigenvalue weighted by molar-refractivity contribution is 5.48. The summed E-state index contributed by atoms with van der Waals surface area (Å²) in [6, 6.07) is 4.45. The van der Waals surface area contributed by atoms with Gasteiger partial charge in [0, 0.05) is 17.7 Å². The predicted molar refractivity (Wildman–Crippen MR) is 73.5 cm³/mol. The average molecular weight is 249 g/mol. The van der Waals surface area contributed by atoms with Gasteiger partial charge < -0.3 is 15.2 Å². The number of ether oxygens (including phenoxy) is 2. The zero-order chi connectivity index (χ0) is 13.1. The van der Waals surface area contributed by atoms with Gasteiger partial charge in [0.1, 0.15) is 11.5 Å². The van der Waals surface area contributed by atoms with Crippen LogP contribution in [0.2, 0.25) is 0 Å². The van der Waals surface area contributed by atoms with Gasteiger partial charge in [-0.15, -0.1) is 0 Å². The summed E-state index contributed by atoms with van der Waals surface area (Å²) in [4.78, 5) is 0. The molecule has 2 N–H and O–H groups in total. The summed E-state index contributed by atoms with van der Waals surface area (Å²) in [6.45, 7) is 2.13. The van der Waals surface area contributed by atoms with Gasteiger partial charge in [0.05, 0.1) is 14.2 Å². The molecule has 1 aromatic carbocycles. The van der Waals surface area contributed by atoms with E-state index < -0.39 is 0 Å². The summed E-state index contributed by atoms with van der Waals surface area (Å²) < 4.78 is 10.8. The number of benzene rings is 1. The van der Waals surface area contributed by atoms with E-state index in [4.69, 9.17) is 15.2 Å². The van der Waals surface area contributed by atoms with E-state index in [2.05, 4.69) is 13.0 Å². The second kappa shape index (κ2) is 5.61. The molecule has 0 aromatic heterocycles. The minimum Gasteiger partial charge on any atom is -0.497 e. The molecule has 0 amide bonds. The Balaban J connectivity index is 2.31. The first-order chi connectivity index (χ1) is 8.65. The number of hydrogen-bond donors (Lipinski definition) is 1. The fourth-order valence-electron chi connectivity index (χ4n) is 2.95. The van der Waals surface area contributed by atoms with E-state index in [0.29, 0.717) is 12.0 Å². The Bertz CT molecular complexity index is 409. The van der Waals surface area contributed by atoms with Gasteiger partial charge in [0.25, 0.3) is 0 Å². The molecule has 18 heavy (non-hydrogen) atoms. The van der Waals surface area contributed by atoms with Crippen molar-refractivity contribution >= 4 is 0 Å². The van der Waals surface area contributed by atoms with Crippen molar-refractivity contribution in [2.75, 3.05) is 14.2 Å². The third-order valence-corrected chi connectivity index (χ3v) is 3.96. The third-order valence-electron chi connectivity index (χ3n) is 3.96. The van der Waals surface area contributed by atoms with Crippen LogP contribution in [0.15, 0.2) is 12.1 Å². The molecule has 0 spiro atoms. The SMILES string of the molecule is COc1cc(C)c(C2CCC(N)CC2)c(OC)c1. The van der Waals surface area contributed by atoms with Crippen LogP contribution in [0.5, 0.6) is 11.5 Å². The highest BCUT2D eigenvalue weighted by Crippen LogP contribution is 2.40. The van der Waals surface area contributed by atoms with Crippen LogP contribution in [0, 0.1) is 6.92 Å². The largest absolute Gasteiger partial charge is 0.497 e. The van der Waals surface area contributed by atoms with Crippen molar-refractivity contribution in [3.63, 3.8) is 0 Å². The molecule has 0 heterocycles. The van der Waals surface area contributed by atoms with Crippen molar-refractivity contribution in [1.29, 1.82) is 0 Å². The molecule has 1 fully saturated rings. The second-order valence-electron chi connectivity index (χ2n) is 5.17. The van der Waals surface area contributed by atoms with Gasteiger partial charge in [0.2, 0.25) is 0 Å². The lowest BCUT2D eigenvalue weighted by atomic mass is 9.80. The minimum absolute atomic E-state index is 0.380. The zero-order valence-corrected chi connectivity index (χ0v) is 11.5. The maximum absolute atomic E-state index is 5.98.